The first-order valence-corrected chi connectivity index (χ1v) is 6.83. The molecule has 0 aliphatic rings. The number of aromatic nitrogens is 1. The summed E-state index contributed by atoms with van der Waals surface area (Å²) in [4.78, 5) is 4.44. The van der Waals surface area contributed by atoms with Crippen molar-refractivity contribution in [2.45, 2.75) is 51.2 Å². The number of hydrogen-bond donors (Lipinski definition) is 1. The number of thioether (sulfide) groups is 1. The maximum atomic E-state index is 4.44. The molecular formula is C13H22N2S. The zero-order valence-electron chi connectivity index (χ0n) is 10.7. The fraction of sp³-hybridized carbons (Fsp3) is 0.615. The van der Waals surface area contributed by atoms with Crippen molar-refractivity contribution >= 4 is 11.8 Å². The van der Waals surface area contributed by atoms with Crippen LogP contribution >= 0.6 is 11.8 Å². The molecule has 1 rings (SSSR count). The molecule has 0 atom stereocenters. The van der Waals surface area contributed by atoms with Crippen LogP contribution in [0, 0.1) is 0 Å². The van der Waals surface area contributed by atoms with E-state index in [-0.39, 0.29) is 5.54 Å². The molecule has 3 heteroatoms. The fourth-order valence-electron chi connectivity index (χ4n) is 1.25. The van der Waals surface area contributed by atoms with Gasteiger partial charge in [0.2, 0.25) is 0 Å². The quantitative estimate of drug-likeness (QED) is 0.795. The van der Waals surface area contributed by atoms with E-state index in [0.717, 1.165) is 12.3 Å². The van der Waals surface area contributed by atoms with Gasteiger partial charge in [-0.25, -0.2) is 4.98 Å². The van der Waals surface area contributed by atoms with Crippen molar-refractivity contribution in [3.8, 4) is 0 Å². The normalized spacial score (nSPS) is 11.8. The summed E-state index contributed by atoms with van der Waals surface area (Å²) in [6, 6.07) is 4.17. The molecule has 0 radical (unpaired) electrons. The summed E-state index contributed by atoms with van der Waals surface area (Å²) in [5.74, 6) is 1.14. The van der Waals surface area contributed by atoms with Crippen LogP contribution in [0.3, 0.4) is 0 Å². The van der Waals surface area contributed by atoms with E-state index in [2.05, 4.69) is 44.1 Å². The van der Waals surface area contributed by atoms with Crippen LogP contribution in [0.25, 0.3) is 0 Å². The van der Waals surface area contributed by atoms with Crippen LogP contribution in [0.1, 0.15) is 39.7 Å². The second kappa shape index (κ2) is 6.26. The third kappa shape index (κ3) is 4.99. The van der Waals surface area contributed by atoms with Crippen molar-refractivity contribution < 1.29 is 0 Å². The van der Waals surface area contributed by atoms with E-state index < -0.39 is 0 Å². The van der Waals surface area contributed by atoms with Gasteiger partial charge < -0.3 is 5.32 Å². The Hall–Kier alpha value is -0.540. The second-order valence-electron chi connectivity index (χ2n) is 4.92. The minimum atomic E-state index is 0.155. The van der Waals surface area contributed by atoms with Crippen molar-refractivity contribution in [1.82, 2.24) is 10.3 Å². The van der Waals surface area contributed by atoms with Crippen molar-refractivity contribution in [2.75, 3.05) is 5.75 Å². The first-order valence-electron chi connectivity index (χ1n) is 5.84. The molecule has 0 amide bonds. The lowest BCUT2D eigenvalue weighted by Crippen LogP contribution is -2.35. The highest BCUT2D eigenvalue weighted by Crippen LogP contribution is 2.20. The summed E-state index contributed by atoms with van der Waals surface area (Å²) in [6.07, 6.45) is 3.06. The molecule has 0 spiro atoms. The Morgan fingerprint density at radius 3 is 2.75 bits per heavy atom. The third-order valence-corrected chi connectivity index (χ3v) is 3.36. The average molecular weight is 238 g/mol. The van der Waals surface area contributed by atoms with Crippen LogP contribution in [-0.4, -0.2) is 16.3 Å². The summed E-state index contributed by atoms with van der Waals surface area (Å²) in [6.45, 7) is 9.64. The van der Waals surface area contributed by atoms with Crippen LogP contribution in [0.4, 0.5) is 0 Å². The molecule has 0 saturated heterocycles. The first kappa shape index (κ1) is 13.5. The summed E-state index contributed by atoms with van der Waals surface area (Å²) >= 11 is 1.85. The first-order chi connectivity index (χ1) is 7.53. The lowest BCUT2D eigenvalue weighted by molar-refractivity contribution is 0.422. The Morgan fingerprint density at radius 1 is 1.38 bits per heavy atom. The number of nitrogens with one attached hydrogen (secondary N) is 1. The van der Waals surface area contributed by atoms with E-state index in [9.17, 15) is 0 Å². The molecular weight excluding hydrogens is 216 g/mol. The molecule has 0 saturated carbocycles. The number of rotatable bonds is 5. The van der Waals surface area contributed by atoms with Gasteiger partial charge in [0, 0.05) is 18.3 Å². The van der Waals surface area contributed by atoms with Gasteiger partial charge >= 0.3 is 0 Å². The topological polar surface area (TPSA) is 24.9 Å². The predicted octanol–water partition coefficient (Wildman–Crippen LogP) is 3.47. The summed E-state index contributed by atoms with van der Waals surface area (Å²) in [5, 5.41) is 4.67. The monoisotopic (exact) mass is 238 g/mol. The molecule has 0 aromatic carbocycles. The zero-order chi connectivity index (χ0) is 12.0. The fourth-order valence-corrected chi connectivity index (χ4v) is 2.11. The van der Waals surface area contributed by atoms with Crippen molar-refractivity contribution in [3.05, 3.63) is 23.9 Å². The molecule has 0 bridgehead atoms. The lowest BCUT2D eigenvalue weighted by atomic mass is 10.1. The summed E-state index contributed by atoms with van der Waals surface area (Å²) in [5.41, 5.74) is 1.46. The SMILES string of the molecule is CCCSc1ncccc1CNC(C)(C)C. The summed E-state index contributed by atoms with van der Waals surface area (Å²) < 4.78 is 0. The van der Waals surface area contributed by atoms with Crippen molar-refractivity contribution in [1.29, 1.82) is 0 Å². The standard InChI is InChI=1S/C13H22N2S/c1-5-9-16-12-11(7-6-8-14-12)10-15-13(2,3)4/h6-8,15H,5,9-10H2,1-4H3. The molecule has 1 aromatic heterocycles. The maximum Gasteiger partial charge on any atom is 0.100 e. The van der Waals surface area contributed by atoms with Crippen LogP contribution in [0.15, 0.2) is 23.4 Å². The lowest BCUT2D eigenvalue weighted by Gasteiger charge is -2.21. The van der Waals surface area contributed by atoms with Gasteiger partial charge in [-0.2, -0.15) is 0 Å². The molecule has 1 aromatic rings. The van der Waals surface area contributed by atoms with Gasteiger partial charge in [-0.05, 0) is 44.6 Å². The van der Waals surface area contributed by atoms with E-state index in [4.69, 9.17) is 0 Å². The summed E-state index contributed by atoms with van der Waals surface area (Å²) in [7, 11) is 0. The Balaban J connectivity index is 2.63. The van der Waals surface area contributed by atoms with E-state index in [1.807, 2.05) is 24.0 Å². The van der Waals surface area contributed by atoms with Gasteiger partial charge in [-0.1, -0.05) is 13.0 Å². The van der Waals surface area contributed by atoms with Gasteiger partial charge in [-0.15, -0.1) is 11.8 Å². The van der Waals surface area contributed by atoms with Gasteiger partial charge in [0.1, 0.15) is 5.03 Å². The van der Waals surface area contributed by atoms with Gasteiger partial charge in [0.25, 0.3) is 0 Å². The van der Waals surface area contributed by atoms with Crippen molar-refractivity contribution in [3.63, 3.8) is 0 Å². The minimum Gasteiger partial charge on any atom is -0.308 e. The van der Waals surface area contributed by atoms with Gasteiger partial charge in [0.05, 0.1) is 0 Å². The molecule has 90 valence electrons. The highest BCUT2D eigenvalue weighted by Gasteiger charge is 2.10. The zero-order valence-corrected chi connectivity index (χ0v) is 11.5. The van der Waals surface area contributed by atoms with Crippen LogP contribution in [0.2, 0.25) is 0 Å². The molecule has 0 unspecified atom stereocenters. The largest absolute Gasteiger partial charge is 0.308 e. The minimum absolute atomic E-state index is 0.155. The number of pyridine rings is 1. The smallest absolute Gasteiger partial charge is 0.100 e. The van der Waals surface area contributed by atoms with E-state index in [1.165, 1.54) is 17.0 Å². The van der Waals surface area contributed by atoms with Crippen molar-refractivity contribution in [2.24, 2.45) is 0 Å². The predicted molar refractivity (Wildman–Crippen MR) is 71.8 cm³/mol. The van der Waals surface area contributed by atoms with E-state index in [1.54, 1.807) is 0 Å². The molecule has 1 N–H and O–H groups in total. The van der Waals surface area contributed by atoms with Crippen LogP contribution < -0.4 is 5.32 Å². The molecule has 2 nitrogen and oxygen atoms in total. The second-order valence-corrected chi connectivity index (χ2v) is 6.00. The molecule has 0 fully saturated rings. The molecule has 0 aliphatic heterocycles. The Labute approximate surface area is 103 Å². The maximum absolute atomic E-state index is 4.44. The molecule has 1 heterocycles. The van der Waals surface area contributed by atoms with Gasteiger partial charge in [-0.3, -0.25) is 0 Å². The Morgan fingerprint density at radius 2 is 2.12 bits per heavy atom. The van der Waals surface area contributed by atoms with Crippen LogP contribution in [0.5, 0.6) is 0 Å². The number of nitrogens with zero attached hydrogens (tertiary/aromatic N) is 1. The Bertz CT molecular complexity index is 318. The highest BCUT2D eigenvalue weighted by molar-refractivity contribution is 7.99. The molecule has 16 heavy (non-hydrogen) atoms. The van der Waals surface area contributed by atoms with Gasteiger partial charge in [0.15, 0.2) is 0 Å². The van der Waals surface area contributed by atoms with E-state index in [0.29, 0.717) is 0 Å². The Kier molecular flexibility index (Phi) is 5.29. The highest BCUT2D eigenvalue weighted by atomic mass is 32.2. The number of hydrogen-bond acceptors (Lipinski definition) is 3. The third-order valence-electron chi connectivity index (χ3n) is 2.10. The van der Waals surface area contributed by atoms with E-state index >= 15 is 0 Å². The molecule has 0 aliphatic carbocycles. The van der Waals surface area contributed by atoms with Crippen LogP contribution in [-0.2, 0) is 6.54 Å². The average Bonchev–Trinajstić information content (AvgIpc) is 2.23.